The Morgan fingerprint density at radius 2 is 1.81 bits per heavy atom. The van der Waals surface area contributed by atoms with Crippen molar-refractivity contribution in [2.45, 2.75) is 45.7 Å². The van der Waals surface area contributed by atoms with Crippen LogP contribution in [-0.2, 0) is 6.54 Å². The third kappa shape index (κ3) is 3.60. The number of nitrogens with zero attached hydrogens (tertiary/aromatic N) is 6. The molecule has 2 aliphatic heterocycles. The maximum atomic E-state index is 13.3. The number of hydrogen-bond acceptors (Lipinski definition) is 6. The molecule has 0 N–H and O–H groups in total. The summed E-state index contributed by atoms with van der Waals surface area (Å²) in [7, 11) is 0. The van der Waals surface area contributed by atoms with Gasteiger partial charge in [0.25, 0.3) is 5.91 Å². The summed E-state index contributed by atoms with van der Waals surface area (Å²) in [6, 6.07) is 5.62. The van der Waals surface area contributed by atoms with Gasteiger partial charge in [-0.2, -0.15) is 4.37 Å². The van der Waals surface area contributed by atoms with Gasteiger partial charge in [-0.1, -0.05) is 0 Å². The molecule has 0 radical (unpaired) electrons. The SMILES string of the molecule is Cc1nsc(-c2nc(N3CCCCC3)c3n2CCN(C(=O)c2ccc(F)cc2)[C@H]3C)n1. The van der Waals surface area contributed by atoms with Crippen molar-refractivity contribution in [3.8, 4) is 10.8 Å². The van der Waals surface area contributed by atoms with Crippen molar-refractivity contribution in [2.75, 3.05) is 24.5 Å². The van der Waals surface area contributed by atoms with E-state index in [0.29, 0.717) is 18.7 Å². The Hall–Kier alpha value is -2.81. The first-order chi connectivity index (χ1) is 15.0. The highest BCUT2D eigenvalue weighted by Gasteiger charge is 2.36. The summed E-state index contributed by atoms with van der Waals surface area (Å²) >= 11 is 1.36. The predicted octanol–water partition coefficient (Wildman–Crippen LogP) is 4.06. The third-order valence-corrected chi connectivity index (χ3v) is 6.94. The van der Waals surface area contributed by atoms with Crippen LogP contribution in [0, 0.1) is 12.7 Å². The molecule has 0 bridgehead atoms. The predicted molar refractivity (Wildman–Crippen MR) is 118 cm³/mol. The Balaban J connectivity index is 1.55. The number of aromatic nitrogens is 4. The van der Waals surface area contributed by atoms with Crippen LogP contribution in [0.1, 0.15) is 54.1 Å². The van der Waals surface area contributed by atoms with Crippen molar-refractivity contribution in [3.05, 3.63) is 47.2 Å². The van der Waals surface area contributed by atoms with Crippen LogP contribution in [0.5, 0.6) is 0 Å². The lowest BCUT2D eigenvalue weighted by Crippen LogP contribution is -2.42. The first-order valence-electron chi connectivity index (χ1n) is 10.8. The number of amides is 1. The molecule has 1 fully saturated rings. The van der Waals surface area contributed by atoms with Crippen molar-refractivity contribution < 1.29 is 9.18 Å². The van der Waals surface area contributed by atoms with E-state index in [9.17, 15) is 9.18 Å². The van der Waals surface area contributed by atoms with E-state index < -0.39 is 0 Å². The van der Waals surface area contributed by atoms with Crippen molar-refractivity contribution in [2.24, 2.45) is 0 Å². The number of hydrogen-bond donors (Lipinski definition) is 0. The quantitative estimate of drug-likeness (QED) is 0.615. The van der Waals surface area contributed by atoms with Gasteiger partial charge in [0.05, 0.1) is 11.7 Å². The number of halogens is 1. The Morgan fingerprint density at radius 1 is 1.06 bits per heavy atom. The van der Waals surface area contributed by atoms with Gasteiger partial charge in [0.2, 0.25) is 0 Å². The van der Waals surface area contributed by atoms with E-state index in [0.717, 1.165) is 54.1 Å². The van der Waals surface area contributed by atoms with Gasteiger partial charge in [-0.15, -0.1) is 0 Å². The summed E-state index contributed by atoms with van der Waals surface area (Å²) in [4.78, 5) is 27.1. The second-order valence-corrected chi connectivity index (χ2v) is 8.92. The molecule has 5 rings (SSSR count). The third-order valence-electron chi connectivity index (χ3n) is 6.14. The molecule has 31 heavy (non-hydrogen) atoms. The fourth-order valence-electron chi connectivity index (χ4n) is 4.57. The van der Waals surface area contributed by atoms with Gasteiger partial charge >= 0.3 is 0 Å². The molecule has 0 spiro atoms. The van der Waals surface area contributed by atoms with Gasteiger partial charge in [0, 0.05) is 31.7 Å². The average molecular weight is 441 g/mol. The second-order valence-electron chi connectivity index (χ2n) is 8.17. The molecule has 7 nitrogen and oxygen atoms in total. The number of piperidine rings is 1. The highest BCUT2D eigenvalue weighted by Crippen LogP contribution is 2.39. The number of anilines is 1. The van der Waals surface area contributed by atoms with Crippen LogP contribution in [0.15, 0.2) is 24.3 Å². The monoisotopic (exact) mass is 440 g/mol. The zero-order valence-electron chi connectivity index (χ0n) is 17.7. The normalized spacial score (nSPS) is 18.9. The summed E-state index contributed by atoms with van der Waals surface area (Å²) in [5.74, 6) is 2.10. The summed E-state index contributed by atoms with van der Waals surface area (Å²) in [6.07, 6.45) is 3.53. The van der Waals surface area contributed by atoms with Crippen LogP contribution in [0.2, 0.25) is 0 Å². The average Bonchev–Trinajstić information content (AvgIpc) is 3.39. The highest BCUT2D eigenvalue weighted by molar-refractivity contribution is 7.09. The largest absolute Gasteiger partial charge is 0.355 e. The summed E-state index contributed by atoms with van der Waals surface area (Å²) in [5, 5.41) is 0.813. The number of carbonyl (C=O) groups excluding carboxylic acids is 1. The zero-order chi connectivity index (χ0) is 21.5. The minimum Gasteiger partial charge on any atom is -0.355 e. The number of benzene rings is 1. The van der Waals surface area contributed by atoms with Crippen LogP contribution in [0.3, 0.4) is 0 Å². The molecule has 0 saturated carbocycles. The van der Waals surface area contributed by atoms with Gasteiger partial charge < -0.3 is 14.4 Å². The molecule has 2 aliphatic rings. The van der Waals surface area contributed by atoms with Crippen LogP contribution >= 0.6 is 11.5 Å². The number of fused-ring (bicyclic) bond motifs is 1. The topological polar surface area (TPSA) is 67.2 Å². The highest BCUT2D eigenvalue weighted by atomic mass is 32.1. The van der Waals surface area contributed by atoms with Gasteiger partial charge in [0.1, 0.15) is 11.6 Å². The van der Waals surface area contributed by atoms with Crippen LogP contribution in [0.25, 0.3) is 10.8 Å². The fourth-order valence-corrected chi connectivity index (χ4v) is 5.24. The lowest BCUT2D eigenvalue weighted by molar-refractivity contribution is 0.0645. The van der Waals surface area contributed by atoms with Crippen molar-refractivity contribution >= 4 is 23.3 Å². The van der Waals surface area contributed by atoms with E-state index in [1.54, 1.807) is 12.1 Å². The molecule has 2 aromatic heterocycles. The molecule has 1 saturated heterocycles. The molecule has 1 atom stereocenters. The lowest BCUT2D eigenvalue weighted by atomic mass is 10.1. The molecule has 1 amide bonds. The summed E-state index contributed by atoms with van der Waals surface area (Å²) < 4.78 is 19.9. The molecule has 0 unspecified atom stereocenters. The maximum absolute atomic E-state index is 13.3. The van der Waals surface area contributed by atoms with Crippen LogP contribution in [0.4, 0.5) is 10.2 Å². The van der Waals surface area contributed by atoms with E-state index in [1.807, 2.05) is 11.8 Å². The maximum Gasteiger partial charge on any atom is 0.254 e. The Labute approximate surface area is 184 Å². The fraction of sp³-hybridized carbons (Fsp3) is 0.455. The summed E-state index contributed by atoms with van der Waals surface area (Å²) in [5.41, 5.74) is 1.55. The van der Waals surface area contributed by atoms with Crippen molar-refractivity contribution in [3.63, 3.8) is 0 Å². The van der Waals surface area contributed by atoms with E-state index >= 15 is 0 Å². The van der Waals surface area contributed by atoms with Crippen molar-refractivity contribution in [1.82, 2.24) is 23.8 Å². The zero-order valence-corrected chi connectivity index (χ0v) is 18.5. The van der Waals surface area contributed by atoms with Gasteiger partial charge in [-0.05, 0) is 68.9 Å². The molecule has 9 heteroatoms. The lowest BCUT2D eigenvalue weighted by Gasteiger charge is -2.37. The van der Waals surface area contributed by atoms with E-state index in [4.69, 9.17) is 4.98 Å². The Morgan fingerprint density at radius 3 is 2.48 bits per heavy atom. The summed E-state index contributed by atoms with van der Waals surface area (Å²) in [6.45, 7) is 7.08. The number of aryl methyl sites for hydroxylation is 1. The molecule has 3 aromatic rings. The number of rotatable bonds is 3. The minimum absolute atomic E-state index is 0.0853. The van der Waals surface area contributed by atoms with Crippen molar-refractivity contribution in [1.29, 1.82) is 0 Å². The number of imidazole rings is 1. The molecule has 0 aliphatic carbocycles. The standard InChI is InChI=1S/C22H25FN6OS/c1-14-18-19(27-10-4-3-5-11-27)25-20(21-24-15(2)26-31-21)29(18)13-12-28(14)22(30)16-6-8-17(23)9-7-16/h6-9,14H,3-5,10-13H2,1-2H3/t14-/m0/s1. The molecule has 4 heterocycles. The van der Waals surface area contributed by atoms with Crippen LogP contribution in [-0.4, -0.2) is 49.3 Å². The minimum atomic E-state index is -0.342. The van der Waals surface area contributed by atoms with E-state index in [2.05, 4.69) is 25.7 Å². The first-order valence-corrected chi connectivity index (χ1v) is 11.5. The molecular weight excluding hydrogens is 415 g/mol. The number of carbonyl (C=O) groups is 1. The van der Waals surface area contributed by atoms with Crippen LogP contribution < -0.4 is 4.90 Å². The Bertz CT molecular complexity index is 1100. The molecule has 1 aromatic carbocycles. The first kappa shape index (κ1) is 20.1. The second kappa shape index (κ2) is 8.03. The van der Waals surface area contributed by atoms with E-state index in [-0.39, 0.29) is 17.8 Å². The van der Waals surface area contributed by atoms with Gasteiger partial charge in [-0.3, -0.25) is 4.79 Å². The van der Waals surface area contributed by atoms with Gasteiger partial charge in [-0.25, -0.2) is 14.4 Å². The van der Waals surface area contributed by atoms with Gasteiger partial charge in [0.15, 0.2) is 16.6 Å². The molecular formula is C22H25FN6OS. The smallest absolute Gasteiger partial charge is 0.254 e. The van der Waals surface area contributed by atoms with E-state index in [1.165, 1.54) is 30.1 Å². The Kier molecular flexibility index (Phi) is 5.21. The molecule has 162 valence electrons.